The van der Waals surface area contributed by atoms with Gasteiger partial charge in [0.15, 0.2) is 0 Å². The number of carbonyl (C=O) groups excluding carboxylic acids is 1. The van der Waals surface area contributed by atoms with Crippen LogP contribution in [0.4, 0.5) is 39.5 Å². The molecule has 11 heteroatoms. The Morgan fingerprint density at radius 3 is 1.80 bits per heavy atom. The molecule has 0 saturated heterocycles. The van der Waals surface area contributed by atoms with E-state index in [1.807, 2.05) is 0 Å². The lowest BCUT2D eigenvalue weighted by atomic mass is 9.80. The zero-order chi connectivity index (χ0) is 31.6. The third-order valence-corrected chi connectivity index (χ3v) is 7.68. The molecule has 6 aromatic carbocycles. The maximum Gasteiger partial charge on any atom is 0.417 e. The lowest BCUT2D eigenvalue weighted by molar-refractivity contribution is -0.161. The van der Waals surface area contributed by atoms with Gasteiger partial charge in [0.1, 0.15) is 5.75 Å². The van der Waals surface area contributed by atoms with Crippen LogP contribution in [0.1, 0.15) is 35.1 Å². The van der Waals surface area contributed by atoms with Crippen LogP contribution in [0.15, 0.2) is 78.9 Å². The summed E-state index contributed by atoms with van der Waals surface area (Å²) in [4.78, 5) is 12.4. The highest BCUT2D eigenvalue weighted by Gasteiger charge is 2.48. The SMILES string of the molecule is O=C(CCCc1c(C(F)(F)F)c(C(F)(F)F)c2c3cccc4cccc(c5ccc(C(F)(F)F)c1c52)c43)Oc1ccccc1. The Hall–Kier alpha value is -4.54. The molecule has 0 heterocycles. The highest BCUT2D eigenvalue weighted by atomic mass is 19.4. The van der Waals surface area contributed by atoms with Gasteiger partial charge in [-0.2, -0.15) is 39.5 Å². The fraction of sp³-hybridized carbons (Fsp3) is 0.182. The smallest absolute Gasteiger partial charge is 0.417 e. The maximum atomic E-state index is 14.9. The molecule has 6 rings (SSSR count). The predicted octanol–water partition coefficient (Wildman–Crippen LogP) is 10.7. The summed E-state index contributed by atoms with van der Waals surface area (Å²) in [5.41, 5.74) is -6.91. The second-order valence-corrected chi connectivity index (χ2v) is 10.4. The van der Waals surface area contributed by atoms with Gasteiger partial charge in [0.2, 0.25) is 0 Å². The number of carbonyl (C=O) groups is 1. The van der Waals surface area contributed by atoms with Crippen molar-refractivity contribution in [2.45, 2.75) is 37.8 Å². The average Bonchev–Trinajstić information content (AvgIpc) is 2.94. The van der Waals surface area contributed by atoms with Crippen molar-refractivity contribution in [2.24, 2.45) is 0 Å². The van der Waals surface area contributed by atoms with Crippen LogP contribution in [0.5, 0.6) is 5.75 Å². The standard InChI is InChI=1S/C33H19F9O2/c34-31(35,36)23-16-15-20-19-11-4-7-17-8-5-12-21(25(17)19)28-27(20)26(23)22(29(32(37,38)39)30(28)33(40,41)42)13-6-14-24(43)44-18-9-2-1-3-10-18/h1-5,7-12,15-16H,6,13-14H2. The first-order valence-corrected chi connectivity index (χ1v) is 13.3. The second kappa shape index (κ2) is 10.3. The number of esters is 1. The molecule has 226 valence electrons. The molecular weight excluding hydrogens is 599 g/mol. The quantitative estimate of drug-likeness (QED) is 0.0632. The molecule has 0 bridgehead atoms. The van der Waals surface area contributed by atoms with Crippen LogP contribution in [0.3, 0.4) is 0 Å². The Bertz CT molecular complexity index is 2030. The summed E-state index contributed by atoms with van der Waals surface area (Å²) >= 11 is 0. The Morgan fingerprint density at radius 1 is 0.568 bits per heavy atom. The molecule has 0 aliphatic carbocycles. The van der Waals surface area contributed by atoms with Gasteiger partial charge in [-0.1, -0.05) is 60.7 Å². The normalized spacial score (nSPS) is 13.0. The number of halogens is 9. The van der Waals surface area contributed by atoms with E-state index in [0.717, 1.165) is 6.07 Å². The van der Waals surface area contributed by atoms with Gasteiger partial charge in [-0.25, -0.2) is 0 Å². The van der Waals surface area contributed by atoms with Crippen molar-refractivity contribution in [3.63, 3.8) is 0 Å². The molecule has 0 unspecified atom stereocenters. The number of benzene rings is 6. The summed E-state index contributed by atoms with van der Waals surface area (Å²) < 4.78 is 138. The van der Waals surface area contributed by atoms with Crippen molar-refractivity contribution in [1.29, 1.82) is 0 Å². The van der Waals surface area contributed by atoms with Crippen LogP contribution in [0.25, 0.3) is 43.1 Å². The minimum Gasteiger partial charge on any atom is -0.427 e. The number of ether oxygens (including phenoxy) is 1. The summed E-state index contributed by atoms with van der Waals surface area (Å²) in [5.74, 6) is -0.776. The highest BCUT2D eigenvalue weighted by Crippen LogP contribution is 2.54. The molecule has 0 radical (unpaired) electrons. The molecule has 0 N–H and O–H groups in total. The van der Waals surface area contributed by atoms with E-state index in [1.54, 1.807) is 36.4 Å². The van der Waals surface area contributed by atoms with E-state index < -0.39 is 82.2 Å². The zero-order valence-electron chi connectivity index (χ0n) is 22.3. The molecule has 0 atom stereocenters. The van der Waals surface area contributed by atoms with Gasteiger partial charge in [-0.3, -0.25) is 4.79 Å². The summed E-state index contributed by atoms with van der Waals surface area (Å²) in [7, 11) is 0. The van der Waals surface area contributed by atoms with Crippen molar-refractivity contribution in [3.8, 4) is 5.75 Å². The summed E-state index contributed by atoms with van der Waals surface area (Å²) in [6.07, 6.45) is -18.5. The third-order valence-electron chi connectivity index (χ3n) is 7.68. The number of aryl methyl sites for hydroxylation is 1. The number of fused-ring (bicyclic) bond motifs is 2. The predicted molar refractivity (Wildman–Crippen MR) is 148 cm³/mol. The molecule has 0 spiro atoms. The van der Waals surface area contributed by atoms with E-state index in [9.17, 15) is 44.3 Å². The lowest BCUT2D eigenvalue weighted by Crippen LogP contribution is -2.22. The Morgan fingerprint density at radius 2 is 1.18 bits per heavy atom. The van der Waals surface area contributed by atoms with Crippen molar-refractivity contribution < 1.29 is 49.0 Å². The third kappa shape index (κ3) is 4.93. The van der Waals surface area contributed by atoms with Crippen molar-refractivity contribution in [3.05, 3.63) is 101 Å². The second-order valence-electron chi connectivity index (χ2n) is 10.4. The van der Waals surface area contributed by atoms with Crippen LogP contribution in [-0.2, 0) is 29.7 Å². The van der Waals surface area contributed by atoms with Crippen LogP contribution in [0, 0.1) is 0 Å². The number of hydrogen-bond acceptors (Lipinski definition) is 2. The monoisotopic (exact) mass is 618 g/mol. The maximum absolute atomic E-state index is 14.9. The molecular formula is C33H19F9O2. The van der Waals surface area contributed by atoms with Gasteiger partial charge in [0, 0.05) is 11.8 Å². The molecule has 0 fully saturated rings. The van der Waals surface area contributed by atoms with Gasteiger partial charge < -0.3 is 4.74 Å². The van der Waals surface area contributed by atoms with Crippen LogP contribution in [-0.4, -0.2) is 5.97 Å². The van der Waals surface area contributed by atoms with Crippen LogP contribution < -0.4 is 4.74 Å². The minimum absolute atomic E-state index is 0.0451. The van der Waals surface area contributed by atoms with E-state index in [0.29, 0.717) is 16.8 Å². The van der Waals surface area contributed by atoms with Crippen LogP contribution in [0.2, 0.25) is 0 Å². The molecule has 44 heavy (non-hydrogen) atoms. The molecule has 0 aromatic heterocycles. The molecule has 6 aromatic rings. The molecule has 2 nitrogen and oxygen atoms in total. The van der Waals surface area contributed by atoms with Crippen LogP contribution >= 0.6 is 0 Å². The summed E-state index contributed by atoms with van der Waals surface area (Å²) in [6.45, 7) is 0. The number of hydrogen-bond donors (Lipinski definition) is 0. The van der Waals surface area contributed by atoms with Gasteiger partial charge in [0.05, 0.1) is 16.7 Å². The highest BCUT2D eigenvalue weighted by molar-refractivity contribution is 6.34. The van der Waals surface area contributed by atoms with Gasteiger partial charge in [0.25, 0.3) is 0 Å². The fourth-order valence-electron chi connectivity index (χ4n) is 6.13. The molecule has 0 saturated carbocycles. The average molecular weight is 618 g/mol. The van der Waals surface area contributed by atoms with E-state index >= 15 is 0 Å². The Labute approximate surface area is 243 Å². The minimum atomic E-state index is -5.70. The first-order chi connectivity index (χ1) is 20.7. The molecule has 0 aliphatic rings. The fourth-order valence-corrected chi connectivity index (χ4v) is 6.13. The first kappa shape index (κ1) is 29.5. The van der Waals surface area contributed by atoms with Crippen molar-refractivity contribution in [2.75, 3.05) is 0 Å². The zero-order valence-corrected chi connectivity index (χ0v) is 22.3. The van der Waals surface area contributed by atoms with Gasteiger partial charge in [-0.05, 0) is 74.3 Å². The van der Waals surface area contributed by atoms with Crippen molar-refractivity contribution in [1.82, 2.24) is 0 Å². The number of para-hydroxylation sites is 1. The van der Waals surface area contributed by atoms with E-state index in [1.165, 1.54) is 30.3 Å². The summed E-state index contributed by atoms with van der Waals surface area (Å²) in [6, 6.07) is 18.0. The lowest BCUT2D eigenvalue weighted by Gasteiger charge is -2.27. The van der Waals surface area contributed by atoms with Gasteiger partial charge >= 0.3 is 24.5 Å². The van der Waals surface area contributed by atoms with E-state index in [-0.39, 0.29) is 21.9 Å². The molecule has 0 amide bonds. The first-order valence-electron chi connectivity index (χ1n) is 13.3. The summed E-state index contributed by atoms with van der Waals surface area (Å²) in [5, 5.41) is -1.84. The Balaban J connectivity index is 1.71. The number of rotatable bonds is 5. The van der Waals surface area contributed by atoms with E-state index in [2.05, 4.69) is 0 Å². The largest absolute Gasteiger partial charge is 0.427 e. The topological polar surface area (TPSA) is 26.3 Å². The number of alkyl halides is 9. The Kier molecular flexibility index (Phi) is 6.90. The van der Waals surface area contributed by atoms with E-state index in [4.69, 9.17) is 4.74 Å². The van der Waals surface area contributed by atoms with Gasteiger partial charge in [-0.15, -0.1) is 0 Å². The van der Waals surface area contributed by atoms with Crippen molar-refractivity contribution >= 4 is 49.1 Å². The molecule has 0 aliphatic heterocycles.